The van der Waals surface area contributed by atoms with Crippen molar-refractivity contribution in [2.45, 2.75) is 38.7 Å². The number of ether oxygens (including phenoxy) is 1. The Morgan fingerprint density at radius 1 is 1.59 bits per heavy atom. The molecule has 0 saturated carbocycles. The Balaban J connectivity index is 2.01. The minimum atomic E-state index is -3.26. The molecule has 3 heterocycles. The second kappa shape index (κ2) is 7.87. The first kappa shape index (κ1) is 19.6. The van der Waals surface area contributed by atoms with Gasteiger partial charge >= 0.3 is 8.25 Å². The van der Waals surface area contributed by atoms with Gasteiger partial charge in [-0.2, -0.15) is 4.98 Å². The molecule has 2 aromatic heterocycles. The zero-order valence-corrected chi connectivity index (χ0v) is 15.6. The van der Waals surface area contributed by atoms with E-state index in [-0.39, 0.29) is 42.0 Å². The largest absolute Gasteiger partial charge is 0.394 e. The molecule has 13 heteroatoms. The van der Waals surface area contributed by atoms with Crippen LogP contribution in [0.4, 0.5) is 5.95 Å². The molecule has 1 fully saturated rings. The lowest BCUT2D eigenvalue weighted by atomic mass is 10.2. The SMILES string of the molecule is CC(C)C(=O)Nc1nc2c(ncn2[C@@H]2O[C@H](CO)C[C@@H]2O[PH](=O)O)c(=O)[nH]1. The topological polar surface area (TPSA) is 169 Å². The first-order valence-electron chi connectivity index (χ1n) is 8.23. The van der Waals surface area contributed by atoms with E-state index >= 15 is 0 Å². The van der Waals surface area contributed by atoms with Gasteiger partial charge in [-0.3, -0.25) is 29.0 Å². The van der Waals surface area contributed by atoms with Crippen LogP contribution in [0.1, 0.15) is 26.5 Å². The van der Waals surface area contributed by atoms with E-state index in [0.29, 0.717) is 0 Å². The zero-order valence-electron chi connectivity index (χ0n) is 14.6. The highest BCUT2D eigenvalue weighted by molar-refractivity contribution is 7.32. The minimum absolute atomic E-state index is 0.00370. The second-order valence-electron chi connectivity index (χ2n) is 6.37. The van der Waals surface area contributed by atoms with Crippen molar-refractivity contribution < 1.29 is 28.6 Å². The molecule has 2 aromatic rings. The first-order valence-corrected chi connectivity index (χ1v) is 9.50. The Bertz CT molecular complexity index is 926. The molecule has 4 atom stereocenters. The molecule has 1 aliphatic rings. The molecule has 0 spiro atoms. The van der Waals surface area contributed by atoms with E-state index in [1.54, 1.807) is 13.8 Å². The van der Waals surface area contributed by atoms with Crippen molar-refractivity contribution in [3.8, 4) is 0 Å². The van der Waals surface area contributed by atoms with Gasteiger partial charge in [0.05, 0.1) is 19.0 Å². The molecule has 0 radical (unpaired) electrons. The van der Waals surface area contributed by atoms with Crippen LogP contribution in [0.15, 0.2) is 11.1 Å². The molecule has 0 aromatic carbocycles. The van der Waals surface area contributed by atoms with Crippen molar-refractivity contribution in [1.82, 2.24) is 19.5 Å². The maximum atomic E-state index is 12.2. The van der Waals surface area contributed by atoms with Gasteiger partial charge in [0.15, 0.2) is 17.4 Å². The van der Waals surface area contributed by atoms with Crippen LogP contribution < -0.4 is 10.9 Å². The van der Waals surface area contributed by atoms with Gasteiger partial charge in [-0.15, -0.1) is 0 Å². The minimum Gasteiger partial charge on any atom is -0.394 e. The molecule has 1 unspecified atom stereocenters. The summed E-state index contributed by atoms with van der Waals surface area (Å²) in [4.78, 5) is 43.8. The van der Waals surface area contributed by atoms with E-state index in [2.05, 4.69) is 20.3 Å². The Labute approximate surface area is 153 Å². The van der Waals surface area contributed by atoms with Crippen LogP contribution in [0.3, 0.4) is 0 Å². The van der Waals surface area contributed by atoms with E-state index in [1.807, 2.05) is 0 Å². The number of H-pyrrole nitrogens is 1. The van der Waals surface area contributed by atoms with Crippen LogP contribution in [-0.2, 0) is 18.6 Å². The van der Waals surface area contributed by atoms with Crippen LogP contribution in [0, 0.1) is 5.92 Å². The fourth-order valence-electron chi connectivity index (χ4n) is 2.75. The lowest BCUT2D eigenvalue weighted by Crippen LogP contribution is -2.24. The van der Waals surface area contributed by atoms with Gasteiger partial charge in [0.2, 0.25) is 11.9 Å². The van der Waals surface area contributed by atoms with E-state index in [1.165, 1.54) is 10.9 Å². The molecular formula is C14H20N5O7P. The molecule has 1 saturated heterocycles. The molecule has 1 amide bonds. The number of anilines is 1. The zero-order chi connectivity index (χ0) is 19.7. The van der Waals surface area contributed by atoms with Crippen LogP contribution in [-0.4, -0.2) is 54.2 Å². The summed E-state index contributed by atoms with van der Waals surface area (Å²) >= 11 is 0. The number of nitrogens with one attached hydrogen (secondary N) is 2. The molecular weight excluding hydrogens is 381 g/mol. The van der Waals surface area contributed by atoms with Crippen LogP contribution >= 0.6 is 8.25 Å². The van der Waals surface area contributed by atoms with Crippen molar-refractivity contribution in [1.29, 1.82) is 0 Å². The second-order valence-corrected chi connectivity index (χ2v) is 7.14. The van der Waals surface area contributed by atoms with Gasteiger partial charge in [-0.25, -0.2) is 4.98 Å². The highest BCUT2D eigenvalue weighted by Crippen LogP contribution is 2.37. The number of fused-ring (bicyclic) bond motifs is 1. The average molecular weight is 401 g/mol. The smallest absolute Gasteiger partial charge is 0.317 e. The summed E-state index contributed by atoms with van der Waals surface area (Å²) in [5.74, 6) is -0.710. The number of aromatic nitrogens is 4. The van der Waals surface area contributed by atoms with Gasteiger partial charge in [-0.05, 0) is 0 Å². The highest BCUT2D eigenvalue weighted by atomic mass is 31.1. The van der Waals surface area contributed by atoms with Gasteiger partial charge in [0.1, 0.15) is 6.10 Å². The molecule has 12 nitrogen and oxygen atoms in total. The van der Waals surface area contributed by atoms with Crippen molar-refractivity contribution in [3.05, 3.63) is 16.7 Å². The highest BCUT2D eigenvalue weighted by Gasteiger charge is 2.39. The average Bonchev–Trinajstić information content (AvgIpc) is 3.18. The summed E-state index contributed by atoms with van der Waals surface area (Å²) < 4.78 is 23.2. The monoisotopic (exact) mass is 401 g/mol. The summed E-state index contributed by atoms with van der Waals surface area (Å²) in [6.07, 6.45) is -0.906. The third-order valence-electron chi connectivity index (χ3n) is 4.07. The number of amides is 1. The standard InChI is InChI=1S/C14H20N5O7P/c1-6(2)11(21)17-14-16-10-9(12(22)18-14)15-5-19(10)13-8(26-27(23)24)3-7(4-20)25-13/h5-8,13,20,27H,3-4H2,1-2H3,(H,23,24)(H2,16,17,18,21,22)/t7-,8-,13+/m0/s1. The Hall–Kier alpha value is -2.11. The van der Waals surface area contributed by atoms with Crippen LogP contribution in [0.25, 0.3) is 11.2 Å². The maximum absolute atomic E-state index is 12.2. The van der Waals surface area contributed by atoms with E-state index in [4.69, 9.17) is 14.2 Å². The van der Waals surface area contributed by atoms with Gasteiger partial charge < -0.3 is 19.3 Å². The number of imidazole rings is 1. The predicted octanol–water partition coefficient (Wildman–Crippen LogP) is -0.239. The molecule has 3 rings (SSSR count). The number of aliphatic hydroxyl groups excluding tert-OH is 1. The third-order valence-corrected chi connectivity index (χ3v) is 4.58. The number of carbonyl (C=O) groups is 1. The lowest BCUT2D eigenvalue weighted by molar-refractivity contribution is -0.118. The molecule has 4 N–H and O–H groups in total. The number of hydrogen-bond donors (Lipinski definition) is 4. The normalized spacial score (nSPS) is 23.8. The van der Waals surface area contributed by atoms with E-state index < -0.39 is 32.2 Å². The van der Waals surface area contributed by atoms with E-state index in [0.717, 1.165) is 0 Å². The number of nitrogens with zero attached hydrogens (tertiary/aromatic N) is 3. The lowest BCUT2D eigenvalue weighted by Gasteiger charge is -2.19. The summed E-state index contributed by atoms with van der Waals surface area (Å²) in [5, 5.41) is 11.8. The Morgan fingerprint density at radius 3 is 2.96 bits per heavy atom. The van der Waals surface area contributed by atoms with Crippen LogP contribution in [0.5, 0.6) is 0 Å². The maximum Gasteiger partial charge on any atom is 0.317 e. The van der Waals surface area contributed by atoms with Gasteiger partial charge in [-0.1, -0.05) is 13.8 Å². The number of aromatic amines is 1. The predicted molar refractivity (Wildman–Crippen MR) is 93.3 cm³/mol. The quantitative estimate of drug-likeness (QED) is 0.477. The van der Waals surface area contributed by atoms with Crippen LogP contribution in [0.2, 0.25) is 0 Å². The summed E-state index contributed by atoms with van der Waals surface area (Å²) in [5.41, 5.74) is -0.459. The summed E-state index contributed by atoms with van der Waals surface area (Å²) in [6, 6.07) is 0. The van der Waals surface area contributed by atoms with Gasteiger partial charge in [0.25, 0.3) is 5.56 Å². The summed E-state index contributed by atoms with van der Waals surface area (Å²) in [7, 11) is -3.26. The molecule has 148 valence electrons. The Kier molecular flexibility index (Phi) is 5.72. The number of carbonyl (C=O) groups excluding carboxylic acids is 1. The number of aliphatic hydroxyl groups is 1. The van der Waals surface area contributed by atoms with Crippen molar-refractivity contribution in [2.75, 3.05) is 11.9 Å². The fourth-order valence-corrected chi connectivity index (χ4v) is 3.22. The van der Waals surface area contributed by atoms with Crippen molar-refractivity contribution in [3.63, 3.8) is 0 Å². The molecule has 0 aliphatic carbocycles. The van der Waals surface area contributed by atoms with Crippen molar-refractivity contribution >= 4 is 31.3 Å². The summed E-state index contributed by atoms with van der Waals surface area (Å²) in [6.45, 7) is 3.08. The number of hydrogen-bond acceptors (Lipinski definition) is 8. The third kappa shape index (κ3) is 4.09. The number of rotatable bonds is 6. The molecule has 1 aliphatic heterocycles. The molecule has 0 bridgehead atoms. The Morgan fingerprint density at radius 2 is 2.33 bits per heavy atom. The molecule has 27 heavy (non-hydrogen) atoms. The van der Waals surface area contributed by atoms with E-state index in [9.17, 15) is 19.3 Å². The van der Waals surface area contributed by atoms with Crippen molar-refractivity contribution in [2.24, 2.45) is 5.92 Å². The van der Waals surface area contributed by atoms with Gasteiger partial charge in [0, 0.05) is 12.3 Å². The first-order chi connectivity index (χ1) is 12.8. The fraction of sp³-hybridized carbons (Fsp3) is 0.571.